The predicted octanol–water partition coefficient (Wildman–Crippen LogP) is 0.0585. The Morgan fingerprint density at radius 1 is 1.03 bits per heavy atom. The normalized spacial score (nSPS) is 50.4. The number of ether oxygens (including phenoxy) is 6. The van der Waals surface area contributed by atoms with Gasteiger partial charge < -0.3 is 28.4 Å². The summed E-state index contributed by atoms with van der Waals surface area (Å²) in [4.78, 5) is 40.7. The number of carbonyl (C=O) groups is 3. The van der Waals surface area contributed by atoms with Crippen molar-refractivity contribution in [3.63, 3.8) is 0 Å². The topological polar surface area (TPSA) is 110 Å². The first-order valence-corrected chi connectivity index (χ1v) is 12.6. The van der Waals surface area contributed by atoms with Gasteiger partial charge in [-0.05, 0) is 44.4 Å². The van der Waals surface area contributed by atoms with E-state index in [-0.39, 0.29) is 18.8 Å². The van der Waals surface area contributed by atoms with Gasteiger partial charge in [0.05, 0.1) is 32.0 Å². The van der Waals surface area contributed by atoms with E-state index in [9.17, 15) is 14.4 Å². The molecule has 6 heterocycles. The van der Waals surface area contributed by atoms with Crippen molar-refractivity contribution in [1.29, 1.82) is 0 Å². The van der Waals surface area contributed by atoms with Crippen molar-refractivity contribution in [1.82, 2.24) is 4.90 Å². The maximum atomic E-state index is 13.5. The van der Waals surface area contributed by atoms with Gasteiger partial charge in [-0.15, -0.1) is 0 Å². The smallest absolute Gasteiger partial charge is 0.320 e. The fourth-order valence-corrected chi connectivity index (χ4v) is 7.78. The van der Waals surface area contributed by atoms with E-state index >= 15 is 0 Å². The second kappa shape index (κ2) is 7.62. The summed E-state index contributed by atoms with van der Waals surface area (Å²) in [7, 11) is 0. The van der Waals surface area contributed by atoms with Crippen molar-refractivity contribution in [2.45, 2.75) is 74.8 Å². The summed E-state index contributed by atoms with van der Waals surface area (Å²) < 4.78 is 34.8. The predicted molar refractivity (Wildman–Crippen MR) is 111 cm³/mol. The van der Waals surface area contributed by atoms with E-state index in [0.717, 1.165) is 25.7 Å². The third kappa shape index (κ3) is 3.18. The van der Waals surface area contributed by atoms with Crippen molar-refractivity contribution in [3.05, 3.63) is 0 Å². The maximum Gasteiger partial charge on any atom is 0.320 e. The van der Waals surface area contributed by atoms with E-state index in [1.165, 1.54) is 0 Å². The number of esters is 3. The van der Waals surface area contributed by atoms with Crippen LogP contribution < -0.4 is 0 Å². The lowest BCUT2D eigenvalue weighted by Gasteiger charge is -2.32. The highest BCUT2D eigenvalue weighted by molar-refractivity contribution is 5.87. The molecule has 1 saturated carbocycles. The minimum atomic E-state index is -0.817. The van der Waals surface area contributed by atoms with E-state index < -0.39 is 59.8 Å². The second-order valence-corrected chi connectivity index (χ2v) is 11.3. The average Bonchev–Trinajstić information content (AvgIpc) is 3.60. The highest BCUT2D eigenvalue weighted by Gasteiger charge is 2.72. The van der Waals surface area contributed by atoms with Gasteiger partial charge in [0.25, 0.3) is 0 Å². The molecule has 0 aromatic rings. The molecule has 34 heavy (non-hydrogen) atoms. The van der Waals surface area contributed by atoms with Gasteiger partial charge in [-0.2, -0.15) is 0 Å². The van der Waals surface area contributed by atoms with E-state index in [0.29, 0.717) is 38.1 Å². The Kier molecular flexibility index (Phi) is 4.83. The molecule has 7 rings (SSSR count). The van der Waals surface area contributed by atoms with Crippen LogP contribution in [0.1, 0.15) is 32.6 Å². The van der Waals surface area contributed by atoms with Crippen LogP contribution in [0.15, 0.2) is 0 Å². The number of carbonyl (C=O) groups excluding carboxylic acids is 3. The zero-order chi connectivity index (χ0) is 23.2. The summed E-state index contributed by atoms with van der Waals surface area (Å²) in [5.41, 5.74) is -0.580. The number of rotatable bonds is 5. The highest BCUT2D eigenvalue weighted by Crippen LogP contribution is 2.57. The molecule has 10 nitrogen and oxygen atoms in total. The van der Waals surface area contributed by atoms with Gasteiger partial charge in [-0.1, -0.05) is 0 Å². The van der Waals surface area contributed by atoms with Crippen LogP contribution in [-0.4, -0.2) is 97.9 Å². The molecule has 0 aromatic carbocycles. The highest BCUT2D eigenvalue weighted by atomic mass is 16.7. The molecular formula is C24H31NO9. The number of hydrogen-bond acceptors (Lipinski definition) is 10. The molecule has 0 radical (unpaired) electrons. The zero-order valence-corrected chi connectivity index (χ0v) is 19.3. The lowest BCUT2D eigenvalue weighted by Crippen LogP contribution is -2.50. The lowest BCUT2D eigenvalue weighted by molar-refractivity contribution is -0.173. The molecule has 0 spiro atoms. The molecule has 6 aliphatic heterocycles. The van der Waals surface area contributed by atoms with Crippen LogP contribution in [0, 0.1) is 23.7 Å². The van der Waals surface area contributed by atoms with Gasteiger partial charge in [0, 0.05) is 13.1 Å². The van der Waals surface area contributed by atoms with Crippen molar-refractivity contribution in [2.75, 3.05) is 32.8 Å². The summed E-state index contributed by atoms with van der Waals surface area (Å²) in [5.74, 6) is -1.97. The first-order chi connectivity index (χ1) is 16.4. The molecule has 10 atom stereocenters. The van der Waals surface area contributed by atoms with E-state index in [1.54, 1.807) is 0 Å². The molecule has 186 valence electrons. The molecule has 7 fully saturated rings. The van der Waals surface area contributed by atoms with Crippen molar-refractivity contribution in [2.24, 2.45) is 23.7 Å². The molecule has 0 amide bonds. The fourth-order valence-electron chi connectivity index (χ4n) is 7.78. The molecule has 10 heteroatoms. The standard InChI is InChI=1S/C24H31NO9/c1-24(8-11-12(9-24)14-3-2-13(11)30-14)34-23(28)17-16-18-21(33-22(16)27)20(19(17)32-18)31-15(26)10-25-4-6-29-7-5-25/h11-14,16-21H,2-10H2,1H3. The Morgan fingerprint density at radius 3 is 2.44 bits per heavy atom. The van der Waals surface area contributed by atoms with Crippen molar-refractivity contribution >= 4 is 17.9 Å². The number of hydrogen-bond donors (Lipinski definition) is 0. The molecule has 0 aromatic heterocycles. The van der Waals surface area contributed by atoms with Crippen molar-refractivity contribution in [3.8, 4) is 0 Å². The van der Waals surface area contributed by atoms with Gasteiger partial charge in [-0.25, -0.2) is 0 Å². The monoisotopic (exact) mass is 477 g/mol. The number of fused-ring (bicyclic) bond motifs is 6. The number of morpholine rings is 1. The third-order valence-corrected chi connectivity index (χ3v) is 9.17. The van der Waals surface area contributed by atoms with Gasteiger partial charge in [0.1, 0.15) is 29.6 Å². The minimum Gasteiger partial charge on any atom is -0.459 e. The zero-order valence-electron chi connectivity index (χ0n) is 19.3. The Balaban J connectivity index is 1.04. The summed E-state index contributed by atoms with van der Waals surface area (Å²) in [6, 6.07) is 0. The van der Waals surface area contributed by atoms with Crippen LogP contribution in [-0.2, 0) is 42.8 Å². The Hall–Kier alpha value is -1.75. The van der Waals surface area contributed by atoms with Crippen LogP contribution in [0.25, 0.3) is 0 Å². The van der Waals surface area contributed by atoms with E-state index in [1.807, 2.05) is 11.8 Å². The van der Waals surface area contributed by atoms with Gasteiger partial charge in [0.15, 0.2) is 12.2 Å². The van der Waals surface area contributed by atoms with Gasteiger partial charge >= 0.3 is 17.9 Å². The van der Waals surface area contributed by atoms with E-state index in [2.05, 4.69) is 0 Å². The van der Waals surface area contributed by atoms with Crippen LogP contribution >= 0.6 is 0 Å². The number of nitrogens with zero attached hydrogens (tertiary/aromatic N) is 1. The molecule has 10 unspecified atom stereocenters. The minimum absolute atomic E-state index is 0.127. The molecule has 6 saturated heterocycles. The van der Waals surface area contributed by atoms with Crippen LogP contribution in [0.3, 0.4) is 0 Å². The second-order valence-electron chi connectivity index (χ2n) is 11.3. The first kappa shape index (κ1) is 21.5. The van der Waals surface area contributed by atoms with Crippen LogP contribution in [0.4, 0.5) is 0 Å². The fraction of sp³-hybridized carbons (Fsp3) is 0.875. The quantitative estimate of drug-likeness (QED) is 0.398. The Morgan fingerprint density at radius 2 is 1.74 bits per heavy atom. The Labute approximate surface area is 197 Å². The molecule has 1 aliphatic carbocycles. The lowest BCUT2D eigenvalue weighted by atomic mass is 9.78. The van der Waals surface area contributed by atoms with Gasteiger partial charge in [-0.3, -0.25) is 19.3 Å². The molecule has 4 bridgehead atoms. The van der Waals surface area contributed by atoms with E-state index in [4.69, 9.17) is 28.4 Å². The first-order valence-electron chi connectivity index (χ1n) is 12.6. The van der Waals surface area contributed by atoms with Crippen LogP contribution in [0.5, 0.6) is 0 Å². The molecule has 7 aliphatic rings. The summed E-state index contributed by atoms with van der Waals surface area (Å²) in [6.07, 6.45) is 1.54. The maximum absolute atomic E-state index is 13.5. The molecule has 0 N–H and O–H groups in total. The van der Waals surface area contributed by atoms with Crippen LogP contribution in [0.2, 0.25) is 0 Å². The summed E-state index contributed by atoms with van der Waals surface area (Å²) in [6.45, 7) is 4.59. The average molecular weight is 478 g/mol. The summed E-state index contributed by atoms with van der Waals surface area (Å²) in [5, 5.41) is 0. The largest absolute Gasteiger partial charge is 0.459 e. The molecular weight excluding hydrogens is 446 g/mol. The Bertz CT molecular complexity index is 885. The third-order valence-electron chi connectivity index (χ3n) is 9.17. The summed E-state index contributed by atoms with van der Waals surface area (Å²) >= 11 is 0. The SMILES string of the molecule is CC1(OC(=O)C2C3OC4C(OC(=O)C42)C3OC(=O)CN2CCOCC2)CC2C3CCC(O3)C2C1. The van der Waals surface area contributed by atoms with Gasteiger partial charge in [0.2, 0.25) is 0 Å². The van der Waals surface area contributed by atoms with Crippen molar-refractivity contribution < 1.29 is 42.8 Å².